The Kier molecular flexibility index (Phi) is 6.06. The molecular formula is C18H30N2. The second-order valence-electron chi connectivity index (χ2n) is 6.40. The van der Waals surface area contributed by atoms with Crippen LogP contribution in [0.25, 0.3) is 0 Å². The Morgan fingerprint density at radius 2 is 2.05 bits per heavy atom. The van der Waals surface area contributed by atoms with E-state index in [1.54, 1.807) is 0 Å². The first-order chi connectivity index (χ1) is 9.67. The Morgan fingerprint density at radius 1 is 1.30 bits per heavy atom. The van der Waals surface area contributed by atoms with Gasteiger partial charge >= 0.3 is 0 Å². The molecule has 1 aliphatic rings. The Hall–Kier alpha value is -0.860. The highest BCUT2D eigenvalue weighted by Gasteiger charge is 2.20. The van der Waals surface area contributed by atoms with Crippen molar-refractivity contribution in [1.29, 1.82) is 0 Å². The standard InChI is InChI=1S/C18H30N2/c1-4-19-16(3)13-17-8-10-20(11-9-17)14-18-7-5-6-15(2)12-18/h5-7,12,16-17,19H,4,8-11,13-14H2,1-3H3. The van der Waals surface area contributed by atoms with Gasteiger partial charge in [-0.1, -0.05) is 36.8 Å². The zero-order valence-electron chi connectivity index (χ0n) is 13.4. The van der Waals surface area contributed by atoms with Crippen molar-refractivity contribution in [2.45, 2.75) is 52.6 Å². The molecule has 0 aromatic heterocycles. The Bertz CT molecular complexity index is 394. The summed E-state index contributed by atoms with van der Waals surface area (Å²) in [5, 5.41) is 3.54. The molecule has 2 heteroatoms. The fourth-order valence-electron chi connectivity index (χ4n) is 3.38. The average Bonchev–Trinajstić information content (AvgIpc) is 2.41. The van der Waals surface area contributed by atoms with Crippen molar-refractivity contribution in [3.8, 4) is 0 Å². The predicted octanol–water partition coefficient (Wildman–Crippen LogP) is 3.60. The summed E-state index contributed by atoms with van der Waals surface area (Å²) in [5.74, 6) is 0.915. The van der Waals surface area contributed by atoms with Gasteiger partial charge in [-0.25, -0.2) is 0 Å². The van der Waals surface area contributed by atoms with Crippen LogP contribution >= 0.6 is 0 Å². The van der Waals surface area contributed by atoms with Gasteiger partial charge in [0.15, 0.2) is 0 Å². The number of hydrogen-bond acceptors (Lipinski definition) is 2. The highest BCUT2D eigenvalue weighted by molar-refractivity contribution is 5.22. The van der Waals surface area contributed by atoms with Crippen molar-refractivity contribution < 1.29 is 0 Å². The van der Waals surface area contributed by atoms with Crippen LogP contribution in [0.3, 0.4) is 0 Å². The first-order valence-electron chi connectivity index (χ1n) is 8.18. The van der Waals surface area contributed by atoms with Gasteiger partial charge in [-0.3, -0.25) is 4.90 Å². The molecule has 1 saturated heterocycles. The predicted molar refractivity (Wildman–Crippen MR) is 86.9 cm³/mol. The lowest BCUT2D eigenvalue weighted by molar-refractivity contribution is 0.166. The van der Waals surface area contributed by atoms with E-state index in [9.17, 15) is 0 Å². The van der Waals surface area contributed by atoms with E-state index in [0.717, 1.165) is 19.0 Å². The number of piperidine rings is 1. The number of rotatable bonds is 6. The van der Waals surface area contributed by atoms with E-state index in [2.05, 4.69) is 55.3 Å². The van der Waals surface area contributed by atoms with Crippen LogP contribution in [-0.2, 0) is 6.54 Å². The van der Waals surface area contributed by atoms with Gasteiger partial charge in [0.2, 0.25) is 0 Å². The molecule has 1 N–H and O–H groups in total. The zero-order valence-corrected chi connectivity index (χ0v) is 13.4. The molecule has 0 aliphatic carbocycles. The van der Waals surface area contributed by atoms with Crippen LogP contribution in [0.2, 0.25) is 0 Å². The monoisotopic (exact) mass is 274 g/mol. The van der Waals surface area contributed by atoms with Crippen molar-refractivity contribution in [2.24, 2.45) is 5.92 Å². The maximum Gasteiger partial charge on any atom is 0.0233 e. The van der Waals surface area contributed by atoms with Crippen molar-refractivity contribution in [2.75, 3.05) is 19.6 Å². The average molecular weight is 274 g/mol. The minimum Gasteiger partial charge on any atom is -0.315 e. The molecule has 1 heterocycles. The number of hydrogen-bond donors (Lipinski definition) is 1. The molecular weight excluding hydrogens is 244 g/mol. The van der Waals surface area contributed by atoms with Gasteiger partial charge in [0.05, 0.1) is 0 Å². The van der Waals surface area contributed by atoms with Gasteiger partial charge in [0, 0.05) is 12.6 Å². The van der Waals surface area contributed by atoms with Crippen molar-refractivity contribution in [1.82, 2.24) is 10.2 Å². The molecule has 2 nitrogen and oxygen atoms in total. The third-order valence-corrected chi connectivity index (χ3v) is 4.44. The molecule has 0 saturated carbocycles. The largest absolute Gasteiger partial charge is 0.315 e. The highest BCUT2D eigenvalue weighted by atomic mass is 15.1. The van der Waals surface area contributed by atoms with Crippen LogP contribution in [0, 0.1) is 12.8 Å². The molecule has 0 spiro atoms. The summed E-state index contributed by atoms with van der Waals surface area (Å²) in [6.07, 6.45) is 4.06. The Morgan fingerprint density at radius 3 is 2.70 bits per heavy atom. The minimum absolute atomic E-state index is 0.674. The normalized spacial score (nSPS) is 19.1. The Balaban J connectivity index is 1.74. The quantitative estimate of drug-likeness (QED) is 0.853. The van der Waals surface area contributed by atoms with E-state index in [-0.39, 0.29) is 0 Å². The van der Waals surface area contributed by atoms with Gasteiger partial charge < -0.3 is 5.32 Å². The lowest BCUT2D eigenvalue weighted by Crippen LogP contribution is -2.36. The zero-order chi connectivity index (χ0) is 14.4. The molecule has 1 fully saturated rings. The molecule has 1 aromatic rings. The van der Waals surface area contributed by atoms with Crippen LogP contribution in [0.4, 0.5) is 0 Å². The van der Waals surface area contributed by atoms with Gasteiger partial charge in [-0.05, 0) is 64.2 Å². The molecule has 2 rings (SSSR count). The van der Waals surface area contributed by atoms with Crippen LogP contribution in [0.5, 0.6) is 0 Å². The van der Waals surface area contributed by atoms with E-state index in [1.165, 1.54) is 43.5 Å². The van der Waals surface area contributed by atoms with Gasteiger partial charge in [-0.15, -0.1) is 0 Å². The van der Waals surface area contributed by atoms with E-state index >= 15 is 0 Å². The summed E-state index contributed by atoms with van der Waals surface area (Å²) < 4.78 is 0. The van der Waals surface area contributed by atoms with Crippen molar-refractivity contribution in [3.05, 3.63) is 35.4 Å². The number of aryl methyl sites for hydroxylation is 1. The minimum atomic E-state index is 0.674. The SMILES string of the molecule is CCNC(C)CC1CCN(Cc2cccc(C)c2)CC1. The second kappa shape index (κ2) is 7.80. The summed E-state index contributed by atoms with van der Waals surface area (Å²) in [4.78, 5) is 2.61. The van der Waals surface area contributed by atoms with E-state index < -0.39 is 0 Å². The topological polar surface area (TPSA) is 15.3 Å². The molecule has 112 valence electrons. The number of likely N-dealkylation sites (tertiary alicyclic amines) is 1. The van der Waals surface area contributed by atoms with Gasteiger partial charge in [0.25, 0.3) is 0 Å². The van der Waals surface area contributed by atoms with Crippen LogP contribution in [0.1, 0.15) is 44.2 Å². The second-order valence-corrected chi connectivity index (χ2v) is 6.40. The lowest BCUT2D eigenvalue weighted by atomic mass is 9.90. The maximum atomic E-state index is 3.54. The number of nitrogens with zero attached hydrogens (tertiary/aromatic N) is 1. The smallest absolute Gasteiger partial charge is 0.0233 e. The number of nitrogens with one attached hydrogen (secondary N) is 1. The summed E-state index contributed by atoms with van der Waals surface area (Å²) in [5.41, 5.74) is 2.83. The third-order valence-electron chi connectivity index (χ3n) is 4.44. The summed E-state index contributed by atoms with van der Waals surface area (Å²) >= 11 is 0. The van der Waals surface area contributed by atoms with E-state index in [1.807, 2.05) is 0 Å². The van der Waals surface area contributed by atoms with Crippen LogP contribution in [-0.4, -0.2) is 30.6 Å². The fraction of sp³-hybridized carbons (Fsp3) is 0.667. The molecule has 0 bridgehead atoms. The molecule has 1 atom stereocenters. The molecule has 20 heavy (non-hydrogen) atoms. The molecule has 1 unspecified atom stereocenters. The molecule has 0 radical (unpaired) electrons. The number of benzene rings is 1. The maximum absolute atomic E-state index is 3.54. The fourth-order valence-corrected chi connectivity index (χ4v) is 3.38. The first-order valence-corrected chi connectivity index (χ1v) is 8.18. The highest BCUT2D eigenvalue weighted by Crippen LogP contribution is 2.23. The molecule has 0 amide bonds. The third kappa shape index (κ3) is 4.92. The van der Waals surface area contributed by atoms with Crippen molar-refractivity contribution >= 4 is 0 Å². The Labute approximate surface area is 124 Å². The first kappa shape index (κ1) is 15.5. The van der Waals surface area contributed by atoms with Crippen molar-refractivity contribution in [3.63, 3.8) is 0 Å². The molecule has 1 aliphatic heterocycles. The van der Waals surface area contributed by atoms with E-state index in [4.69, 9.17) is 0 Å². The molecule has 1 aromatic carbocycles. The van der Waals surface area contributed by atoms with Crippen LogP contribution in [0.15, 0.2) is 24.3 Å². The van der Waals surface area contributed by atoms with E-state index in [0.29, 0.717) is 6.04 Å². The van der Waals surface area contributed by atoms with Gasteiger partial charge in [-0.2, -0.15) is 0 Å². The van der Waals surface area contributed by atoms with Gasteiger partial charge in [0.1, 0.15) is 0 Å². The lowest BCUT2D eigenvalue weighted by Gasteiger charge is -2.33. The summed E-state index contributed by atoms with van der Waals surface area (Å²) in [6, 6.07) is 9.60. The van der Waals surface area contributed by atoms with Crippen LogP contribution < -0.4 is 5.32 Å². The summed E-state index contributed by atoms with van der Waals surface area (Å²) in [7, 11) is 0. The summed E-state index contributed by atoms with van der Waals surface area (Å²) in [6.45, 7) is 11.4.